The fourth-order valence-corrected chi connectivity index (χ4v) is 3.52. The Morgan fingerprint density at radius 3 is 2.89 bits per heavy atom. The maximum Gasteiger partial charge on any atom is 0.259 e. The van der Waals surface area contributed by atoms with Crippen LogP contribution >= 0.6 is 12.2 Å². The fourth-order valence-electron chi connectivity index (χ4n) is 3.33. The third-order valence-electron chi connectivity index (χ3n) is 4.28. The van der Waals surface area contributed by atoms with Gasteiger partial charge in [-0.25, -0.2) is 0 Å². The van der Waals surface area contributed by atoms with Gasteiger partial charge in [0.1, 0.15) is 5.60 Å². The molecule has 2 N–H and O–H groups in total. The molecule has 0 unspecified atom stereocenters. The molecule has 1 aliphatic heterocycles. The minimum atomic E-state index is -0.291. The van der Waals surface area contributed by atoms with Gasteiger partial charge in [-0.05, 0) is 45.8 Å². The summed E-state index contributed by atoms with van der Waals surface area (Å²) < 4.78 is 6.33. The predicted molar refractivity (Wildman–Crippen MR) is 76.2 cm³/mol. The summed E-state index contributed by atoms with van der Waals surface area (Å²) in [6.07, 6.45) is 4.34. The number of aromatic amines is 2. The Kier molecular flexibility index (Phi) is 2.71. The van der Waals surface area contributed by atoms with E-state index in [4.69, 9.17) is 17.0 Å². The lowest BCUT2D eigenvalue weighted by atomic mass is 9.69. The van der Waals surface area contributed by atoms with E-state index >= 15 is 0 Å². The number of aromatic nitrogens is 2. The van der Waals surface area contributed by atoms with Crippen molar-refractivity contribution in [2.45, 2.75) is 45.1 Å². The maximum absolute atomic E-state index is 12.2. The molecule has 0 saturated heterocycles. The molecule has 2 heterocycles. The van der Waals surface area contributed by atoms with Crippen LogP contribution in [-0.2, 0) is 0 Å². The van der Waals surface area contributed by atoms with Crippen molar-refractivity contribution in [3.8, 4) is 5.88 Å². The number of fused-ring (bicyclic) bond motifs is 3. The lowest BCUT2D eigenvalue weighted by molar-refractivity contribution is 0.00601. The quantitative estimate of drug-likeness (QED) is 0.566. The van der Waals surface area contributed by atoms with E-state index in [0.717, 1.165) is 12.8 Å². The molecular weight excluding hydrogens is 260 g/mol. The normalized spacial score (nSPS) is 27.8. The van der Waals surface area contributed by atoms with Crippen LogP contribution in [0.1, 0.15) is 45.1 Å². The molecule has 4 nitrogen and oxygen atoms in total. The van der Waals surface area contributed by atoms with Crippen molar-refractivity contribution in [2.75, 3.05) is 0 Å². The van der Waals surface area contributed by atoms with Crippen LogP contribution in [0.3, 0.4) is 0 Å². The minimum absolute atomic E-state index is 0.114. The monoisotopic (exact) mass is 278 g/mol. The fraction of sp³-hybridized carbons (Fsp3) is 0.571. The Hall–Kier alpha value is -1.36. The van der Waals surface area contributed by atoms with Gasteiger partial charge in [0.2, 0.25) is 5.88 Å². The third-order valence-corrected chi connectivity index (χ3v) is 4.49. The summed E-state index contributed by atoms with van der Waals surface area (Å²) in [4.78, 5) is 17.9. The summed E-state index contributed by atoms with van der Waals surface area (Å²) in [7, 11) is 0. The first-order valence-corrected chi connectivity index (χ1v) is 7.02. The van der Waals surface area contributed by atoms with E-state index < -0.39 is 0 Å². The summed E-state index contributed by atoms with van der Waals surface area (Å²) in [5.74, 6) is 0.975. The van der Waals surface area contributed by atoms with E-state index in [9.17, 15) is 4.79 Å². The topological polar surface area (TPSA) is 57.9 Å². The summed E-state index contributed by atoms with van der Waals surface area (Å²) in [6, 6.07) is 0. The number of ether oxygens (including phenoxy) is 1. The number of hydrogen-bond donors (Lipinski definition) is 2. The number of allylic oxidation sites excluding steroid dienone is 2. The van der Waals surface area contributed by atoms with Gasteiger partial charge in [0.15, 0.2) is 4.77 Å². The molecule has 0 bridgehead atoms. The van der Waals surface area contributed by atoms with Crippen molar-refractivity contribution in [2.24, 2.45) is 5.92 Å². The number of rotatable bonds is 0. The average molecular weight is 278 g/mol. The van der Waals surface area contributed by atoms with Crippen LogP contribution in [0.2, 0.25) is 0 Å². The summed E-state index contributed by atoms with van der Waals surface area (Å²) in [5, 5.41) is 0. The van der Waals surface area contributed by atoms with E-state index in [0.29, 0.717) is 22.1 Å². The van der Waals surface area contributed by atoms with Crippen LogP contribution in [0.5, 0.6) is 5.88 Å². The zero-order valence-electron chi connectivity index (χ0n) is 11.4. The Bertz CT molecular complexity index is 669. The first-order valence-electron chi connectivity index (χ1n) is 6.61. The molecule has 5 heteroatoms. The summed E-state index contributed by atoms with van der Waals surface area (Å²) in [5.41, 5.74) is 1.61. The molecule has 0 aromatic carbocycles. The van der Waals surface area contributed by atoms with E-state index in [1.165, 1.54) is 5.57 Å². The van der Waals surface area contributed by atoms with Crippen LogP contribution in [0.4, 0.5) is 0 Å². The number of H-pyrrole nitrogens is 2. The highest BCUT2D eigenvalue weighted by atomic mass is 32.1. The minimum Gasteiger partial charge on any atom is -0.472 e. The van der Waals surface area contributed by atoms with E-state index in [2.05, 4.69) is 36.8 Å². The smallest absolute Gasteiger partial charge is 0.259 e. The Morgan fingerprint density at radius 2 is 2.16 bits per heavy atom. The van der Waals surface area contributed by atoms with Crippen molar-refractivity contribution in [3.05, 3.63) is 32.3 Å². The Balaban J connectivity index is 2.27. The lowest BCUT2D eigenvalue weighted by Crippen LogP contribution is -2.47. The van der Waals surface area contributed by atoms with Crippen molar-refractivity contribution < 1.29 is 4.74 Å². The van der Waals surface area contributed by atoms with Crippen molar-refractivity contribution in [1.82, 2.24) is 9.97 Å². The highest BCUT2D eigenvalue weighted by molar-refractivity contribution is 7.71. The van der Waals surface area contributed by atoms with Crippen molar-refractivity contribution in [1.29, 1.82) is 0 Å². The molecule has 1 aromatic rings. The lowest BCUT2D eigenvalue weighted by Gasteiger charge is -2.45. The molecule has 102 valence electrons. The number of hydrogen-bond acceptors (Lipinski definition) is 3. The summed E-state index contributed by atoms with van der Waals surface area (Å²) >= 11 is 5.02. The standard InChI is InChI=1S/C14H18N2O2S/c1-7-4-5-9-8(6-7)10-11(17)15-13(19)16-12(10)18-14(9,2)3/h6,8-9H,4-5H2,1-3H3,(H2,15,16,17,19)/t8-,9-/m1/s1. The SMILES string of the molecule is CC1=C[C@H]2c3c([nH]c(=S)[nH]c3=O)OC(C)(C)[C@@H]2CC1. The van der Waals surface area contributed by atoms with Crippen molar-refractivity contribution in [3.63, 3.8) is 0 Å². The molecule has 3 rings (SSSR count). The van der Waals surface area contributed by atoms with E-state index in [1.54, 1.807) is 0 Å². The van der Waals surface area contributed by atoms with Crippen LogP contribution in [0, 0.1) is 10.7 Å². The zero-order valence-corrected chi connectivity index (χ0v) is 12.2. The molecule has 0 saturated carbocycles. The van der Waals surface area contributed by atoms with Crippen molar-refractivity contribution >= 4 is 12.2 Å². The van der Waals surface area contributed by atoms with Gasteiger partial charge in [-0.1, -0.05) is 11.6 Å². The Morgan fingerprint density at radius 1 is 1.42 bits per heavy atom. The average Bonchev–Trinajstić information content (AvgIpc) is 2.25. The van der Waals surface area contributed by atoms with Gasteiger partial charge in [-0.15, -0.1) is 0 Å². The largest absolute Gasteiger partial charge is 0.472 e. The zero-order chi connectivity index (χ0) is 13.8. The van der Waals surface area contributed by atoms with Gasteiger partial charge >= 0.3 is 0 Å². The highest BCUT2D eigenvalue weighted by Gasteiger charge is 2.45. The molecular formula is C14H18N2O2S. The van der Waals surface area contributed by atoms with Crippen LogP contribution < -0.4 is 10.3 Å². The second-order valence-electron chi connectivity index (χ2n) is 6.04. The second kappa shape index (κ2) is 4.07. The van der Waals surface area contributed by atoms with Gasteiger partial charge in [0, 0.05) is 11.8 Å². The Labute approximate surface area is 116 Å². The predicted octanol–water partition coefficient (Wildman–Crippen LogP) is 3.04. The molecule has 0 fully saturated rings. The van der Waals surface area contributed by atoms with Gasteiger partial charge in [-0.3, -0.25) is 9.78 Å². The molecule has 19 heavy (non-hydrogen) atoms. The molecule has 1 aromatic heterocycles. The maximum atomic E-state index is 12.2. The summed E-state index contributed by atoms with van der Waals surface area (Å²) in [6.45, 7) is 6.29. The van der Waals surface area contributed by atoms with E-state index in [1.807, 2.05) is 0 Å². The van der Waals surface area contributed by atoms with Gasteiger partial charge in [-0.2, -0.15) is 0 Å². The van der Waals surface area contributed by atoms with E-state index in [-0.39, 0.29) is 17.1 Å². The molecule has 1 aliphatic carbocycles. The molecule has 0 radical (unpaired) electrons. The van der Waals surface area contributed by atoms with Crippen LogP contribution in [0.25, 0.3) is 0 Å². The molecule has 0 amide bonds. The number of nitrogens with one attached hydrogen (secondary N) is 2. The first-order chi connectivity index (χ1) is 8.88. The van der Waals surface area contributed by atoms with Gasteiger partial charge in [0.25, 0.3) is 5.56 Å². The molecule has 2 atom stereocenters. The van der Waals surface area contributed by atoms with Gasteiger partial charge in [0.05, 0.1) is 5.56 Å². The van der Waals surface area contributed by atoms with Crippen LogP contribution in [-0.4, -0.2) is 15.6 Å². The molecule has 2 aliphatic rings. The third kappa shape index (κ3) is 1.96. The highest BCUT2D eigenvalue weighted by Crippen LogP contribution is 2.48. The van der Waals surface area contributed by atoms with Crippen LogP contribution in [0.15, 0.2) is 16.4 Å². The van der Waals surface area contributed by atoms with Gasteiger partial charge < -0.3 is 9.72 Å². The molecule has 0 spiro atoms. The first kappa shape index (κ1) is 12.7. The second-order valence-corrected chi connectivity index (χ2v) is 6.45.